The predicted octanol–water partition coefficient (Wildman–Crippen LogP) is 5.34. The van der Waals surface area contributed by atoms with E-state index < -0.39 is 17.6 Å². The summed E-state index contributed by atoms with van der Waals surface area (Å²) in [5, 5.41) is 34.9. The molecule has 36 heavy (non-hydrogen) atoms. The highest BCUT2D eigenvalue weighted by Crippen LogP contribution is 2.77. The molecule has 206 valence electrons. The van der Waals surface area contributed by atoms with Crippen molar-refractivity contribution in [2.45, 2.75) is 125 Å². The number of ether oxygens (including phenoxy) is 1. The molecule has 5 saturated carbocycles. The molecule has 0 spiro atoms. The van der Waals surface area contributed by atoms with Crippen molar-refractivity contribution < 1.29 is 24.9 Å². The third kappa shape index (κ3) is 3.14. The van der Waals surface area contributed by atoms with Crippen LogP contribution in [0.2, 0.25) is 0 Å². The Morgan fingerprint density at radius 3 is 2.08 bits per heavy atom. The van der Waals surface area contributed by atoms with Gasteiger partial charge in [0.1, 0.15) is 0 Å². The molecule has 5 nitrogen and oxygen atoms in total. The van der Waals surface area contributed by atoms with Gasteiger partial charge in [-0.2, -0.15) is 0 Å². The van der Waals surface area contributed by atoms with Gasteiger partial charge < -0.3 is 20.1 Å². The lowest BCUT2D eigenvalue weighted by molar-refractivity contribution is -0.294. The summed E-state index contributed by atoms with van der Waals surface area (Å²) >= 11 is 0. The van der Waals surface area contributed by atoms with Gasteiger partial charge in [-0.3, -0.25) is 4.79 Å². The highest BCUT2D eigenvalue weighted by molar-refractivity contribution is 5.78. The van der Waals surface area contributed by atoms with E-state index in [0.717, 1.165) is 44.9 Å². The topological polar surface area (TPSA) is 87.0 Å². The second-order valence-corrected chi connectivity index (χ2v) is 15.9. The van der Waals surface area contributed by atoms with E-state index in [1.165, 1.54) is 7.11 Å². The van der Waals surface area contributed by atoms with E-state index in [1.807, 2.05) is 0 Å². The van der Waals surface area contributed by atoms with Crippen LogP contribution in [0.5, 0.6) is 0 Å². The number of carbonyl (C=O) groups is 1. The van der Waals surface area contributed by atoms with Gasteiger partial charge in [0.15, 0.2) is 0 Å². The van der Waals surface area contributed by atoms with E-state index in [2.05, 4.69) is 48.5 Å². The molecule has 0 aromatic carbocycles. The molecule has 5 fully saturated rings. The number of fused-ring (bicyclic) bond motifs is 7. The predicted molar refractivity (Wildman–Crippen MR) is 140 cm³/mol. The molecule has 0 aromatic rings. The van der Waals surface area contributed by atoms with Gasteiger partial charge in [-0.1, -0.05) is 48.5 Å². The van der Waals surface area contributed by atoms with Crippen molar-refractivity contribution in [2.75, 3.05) is 7.11 Å². The minimum atomic E-state index is -0.920. The van der Waals surface area contributed by atoms with Gasteiger partial charge in [0, 0.05) is 0 Å². The molecule has 5 rings (SSSR count). The zero-order chi connectivity index (χ0) is 26.7. The van der Waals surface area contributed by atoms with Crippen LogP contribution in [-0.4, -0.2) is 46.7 Å². The van der Waals surface area contributed by atoms with E-state index >= 15 is 0 Å². The van der Waals surface area contributed by atoms with Crippen molar-refractivity contribution >= 4 is 5.97 Å². The molecule has 0 saturated heterocycles. The van der Waals surface area contributed by atoms with Crippen LogP contribution in [0.3, 0.4) is 0 Å². The maximum Gasteiger partial charge on any atom is 0.314 e. The molecule has 11 atom stereocenters. The summed E-state index contributed by atoms with van der Waals surface area (Å²) in [5.74, 6) is 0.320. The first-order valence-corrected chi connectivity index (χ1v) is 14.6. The van der Waals surface area contributed by atoms with E-state index in [-0.39, 0.29) is 51.0 Å². The fraction of sp³-hybridized carbons (Fsp3) is 0.968. The van der Waals surface area contributed by atoms with Gasteiger partial charge in [-0.15, -0.1) is 0 Å². The number of hydrogen-bond donors (Lipinski definition) is 3. The summed E-state index contributed by atoms with van der Waals surface area (Å²) in [6, 6.07) is 0. The first-order chi connectivity index (χ1) is 16.5. The van der Waals surface area contributed by atoms with E-state index in [0.29, 0.717) is 24.7 Å². The van der Waals surface area contributed by atoms with Crippen LogP contribution in [0.1, 0.15) is 106 Å². The monoisotopic (exact) mass is 504 g/mol. The summed E-state index contributed by atoms with van der Waals surface area (Å²) in [4.78, 5) is 13.4. The van der Waals surface area contributed by atoms with Gasteiger partial charge in [0.2, 0.25) is 0 Å². The molecule has 5 aliphatic rings. The number of aliphatic hydroxyl groups excluding tert-OH is 3. The number of aliphatic hydroxyl groups is 3. The molecular weight excluding hydrogens is 452 g/mol. The Bertz CT molecular complexity index is 913. The SMILES string of the molecule is COC(=O)[C@]12CCC(C)(C)CC1C1C(O)CC3[C@@]4(C)CC[C@H](O)C(C)(C)C4CC[C@@]3(C)[C@]1(C)C[C@H]2O. The lowest BCUT2D eigenvalue weighted by Gasteiger charge is -2.74. The molecule has 5 unspecified atom stereocenters. The molecule has 5 aliphatic carbocycles. The number of methoxy groups -OCH3 is 1. The van der Waals surface area contributed by atoms with Crippen LogP contribution >= 0.6 is 0 Å². The standard InChI is InChI=1S/C31H52O5/c1-26(2)13-14-31(25(35)36-8)18(16-26)24-19(32)15-21-28(5)11-10-22(33)27(3,4)20(28)9-12-29(21,6)30(24,7)17-23(31)34/h18-24,32-34H,9-17H2,1-8H3/t18?,19?,20?,21?,22-,23+,24?,28-,29+,30+,31+/m0/s1. The Kier molecular flexibility index (Phi) is 5.94. The fourth-order valence-corrected chi connectivity index (χ4v) is 11.7. The highest BCUT2D eigenvalue weighted by Gasteiger charge is 2.74. The van der Waals surface area contributed by atoms with E-state index in [1.54, 1.807) is 0 Å². The number of rotatable bonds is 1. The lowest BCUT2D eigenvalue weighted by Crippen LogP contribution is -2.73. The van der Waals surface area contributed by atoms with Crippen LogP contribution in [0.15, 0.2) is 0 Å². The van der Waals surface area contributed by atoms with Crippen molar-refractivity contribution in [3.63, 3.8) is 0 Å². The van der Waals surface area contributed by atoms with Gasteiger partial charge in [0.05, 0.1) is 30.8 Å². The number of esters is 1. The maximum atomic E-state index is 13.4. The Labute approximate surface area is 218 Å². The molecule has 0 aliphatic heterocycles. The molecule has 3 N–H and O–H groups in total. The van der Waals surface area contributed by atoms with E-state index in [9.17, 15) is 20.1 Å². The quantitative estimate of drug-likeness (QED) is 0.420. The van der Waals surface area contributed by atoms with Gasteiger partial charge in [-0.05, 0) is 109 Å². The zero-order valence-corrected chi connectivity index (χ0v) is 24.1. The Morgan fingerprint density at radius 1 is 0.778 bits per heavy atom. The normalized spacial score (nSPS) is 55.4. The minimum absolute atomic E-state index is 0.0387. The van der Waals surface area contributed by atoms with Crippen LogP contribution in [0, 0.1) is 56.2 Å². The fourth-order valence-electron chi connectivity index (χ4n) is 11.7. The average molecular weight is 505 g/mol. The summed E-state index contributed by atoms with van der Waals surface area (Å²) in [6.07, 6.45) is 6.00. The largest absolute Gasteiger partial charge is 0.469 e. The van der Waals surface area contributed by atoms with Crippen LogP contribution in [0.4, 0.5) is 0 Å². The van der Waals surface area contributed by atoms with Crippen molar-refractivity contribution in [2.24, 2.45) is 56.2 Å². The molecule has 0 aromatic heterocycles. The summed E-state index contributed by atoms with van der Waals surface area (Å²) < 4.78 is 5.38. The van der Waals surface area contributed by atoms with Crippen LogP contribution in [0.25, 0.3) is 0 Å². The second-order valence-electron chi connectivity index (χ2n) is 15.9. The zero-order valence-electron chi connectivity index (χ0n) is 24.1. The van der Waals surface area contributed by atoms with Gasteiger partial charge >= 0.3 is 5.97 Å². The molecule has 0 radical (unpaired) electrons. The molecule has 0 amide bonds. The lowest BCUT2D eigenvalue weighted by atomic mass is 9.30. The van der Waals surface area contributed by atoms with Crippen molar-refractivity contribution in [3.05, 3.63) is 0 Å². The van der Waals surface area contributed by atoms with Gasteiger partial charge in [0.25, 0.3) is 0 Å². The summed E-state index contributed by atoms with van der Waals surface area (Å²) in [6.45, 7) is 16.2. The van der Waals surface area contributed by atoms with Crippen molar-refractivity contribution in [1.29, 1.82) is 0 Å². The highest BCUT2D eigenvalue weighted by atomic mass is 16.5. The Balaban J connectivity index is 1.62. The Hall–Kier alpha value is -0.650. The van der Waals surface area contributed by atoms with Gasteiger partial charge in [-0.25, -0.2) is 0 Å². The Morgan fingerprint density at radius 2 is 1.44 bits per heavy atom. The third-order valence-electron chi connectivity index (χ3n) is 13.8. The molecule has 5 heteroatoms. The van der Waals surface area contributed by atoms with Crippen LogP contribution < -0.4 is 0 Å². The van der Waals surface area contributed by atoms with Crippen LogP contribution in [-0.2, 0) is 9.53 Å². The number of hydrogen-bond acceptors (Lipinski definition) is 5. The minimum Gasteiger partial charge on any atom is -0.469 e. The molecular formula is C31H52O5. The first kappa shape index (κ1) is 26.9. The van der Waals surface area contributed by atoms with Crippen molar-refractivity contribution in [3.8, 4) is 0 Å². The van der Waals surface area contributed by atoms with E-state index in [4.69, 9.17) is 4.74 Å². The summed E-state index contributed by atoms with van der Waals surface area (Å²) in [7, 11) is 1.45. The maximum absolute atomic E-state index is 13.4. The first-order valence-electron chi connectivity index (χ1n) is 14.6. The average Bonchev–Trinajstić information content (AvgIpc) is 2.77. The van der Waals surface area contributed by atoms with Crippen molar-refractivity contribution in [1.82, 2.24) is 0 Å². The summed E-state index contributed by atoms with van der Waals surface area (Å²) in [5.41, 5.74) is -1.29. The molecule has 0 heterocycles. The molecule has 0 bridgehead atoms. The third-order valence-corrected chi connectivity index (χ3v) is 13.8. The number of carbonyl (C=O) groups excluding carboxylic acids is 1. The smallest absolute Gasteiger partial charge is 0.314 e. The second kappa shape index (κ2) is 7.94.